The highest BCUT2D eigenvalue weighted by atomic mass is 19.1. The number of anilines is 1. The number of aromatic nitrogens is 1. The standard InChI is InChI=1S/C21H23FN4O2/c22-15-3-1-14(2-4-15)11-24-8-7-19(21(24)28)25-12-17-9-16(25)13-26(17)20-6-5-18(27)10-23-20/h1-6,10,16-17,19,27H,7-9,11-13H2/t16-,17-,19?/m0/s1. The Labute approximate surface area is 163 Å². The van der Waals surface area contributed by atoms with E-state index in [4.69, 9.17) is 0 Å². The van der Waals surface area contributed by atoms with Gasteiger partial charge in [-0.3, -0.25) is 9.69 Å². The van der Waals surface area contributed by atoms with E-state index >= 15 is 0 Å². The molecule has 0 saturated carbocycles. The lowest BCUT2D eigenvalue weighted by Crippen LogP contribution is -2.52. The van der Waals surface area contributed by atoms with Gasteiger partial charge in [0, 0.05) is 38.3 Å². The van der Waals surface area contributed by atoms with E-state index in [0.29, 0.717) is 18.6 Å². The monoisotopic (exact) mass is 382 g/mol. The Balaban J connectivity index is 1.23. The summed E-state index contributed by atoms with van der Waals surface area (Å²) in [6, 6.07) is 10.6. The number of carbonyl (C=O) groups is 1. The predicted octanol–water partition coefficient (Wildman–Crippen LogP) is 1.99. The number of piperazine rings is 1. The summed E-state index contributed by atoms with van der Waals surface area (Å²) in [6.45, 7) is 3.03. The number of aromatic hydroxyl groups is 1. The van der Waals surface area contributed by atoms with E-state index in [1.54, 1.807) is 18.2 Å². The van der Waals surface area contributed by atoms with Crippen LogP contribution in [0.25, 0.3) is 0 Å². The number of benzene rings is 1. The van der Waals surface area contributed by atoms with Crippen molar-refractivity contribution in [1.29, 1.82) is 0 Å². The van der Waals surface area contributed by atoms with Crippen LogP contribution in [0.15, 0.2) is 42.6 Å². The first kappa shape index (κ1) is 17.4. The van der Waals surface area contributed by atoms with E-state index in [-0.39, 0.29) is 23.5 Å². The van der Waals surface area contributed by atoms with Crippen molar-refractivity contribution >= 4 is 11.7 Å². The maximum atomic E-state index is 13.1. The third-order valence-electron chi connectivity index (χ3n) is 6.27. The van der Waals surface area contributed by atoms with Crippen LogP contribution in [0.4, 0.5) is 10.2 Å². The average molecular weight is 382 g/mol. The van der Waals surface area contributed by atoms with Crippen LogP contribution in [0, 0.1) is 5.82 Å². The fourth-order valence-electron chi connectivity index (χ4n) is 4.91. The smallest absolute Gasteiger partial charge is 0.240 e. The third kappa shape index (κ3) is 2.99. The molecule has 2 aromatic rings. The molecule has 1 N–H and O–H groups in total. The van der Waals surface area contributed by atoms with Crippen molar-refractivity contribution < 1.29 is 14.3 Å². The lowest BCUT2D eigenvalue weighted by molar-refractivity contribution is -0.133. The molecule has 1 aromatic heterocycles. The first-order valence-corrected chi connectivity index (χ1v) is 9.79. The van der Waals surface area contributed by atoms with Crippen molar-refractivity contribution in [2.24, 2.45) is 0 Å². The van der Waals surface area contributed by atoms with E-state index in [9.17, 15) is 14.3 Å². The Hall–Kier alpha value is -2.67. The molecule has 7 heteroatoms. The van der Waals surface area contributed by atoms with Crippen molar-refractivity contribution in [3.8, 4) is 5.75 Å². The van der Waals surface area contributed by atoms with Crippen molar-refractivity contribution in [3.63, 3.8) is 0 Å². The Morgan fingerprint density at radius 2 is 1.93 bits per heavy atom. The van der Waals surface area contributed by atoms with Gasteiger partial charge in [0.2, 0.25) is 5.91 Å². The number of hydrogen-bond acceptors (Lipinski definition) is 5. The predicted molar refractivity (Wildman–Crippen MR) is 102 cm³/mol. The molecule has 3 aliphatic heterocycles. The molecule has 146 valence electrons. The molecule has 0 aliphatic carbocycles. The molecular weight excluding hydrogens is 359 g/mol. The number of amides is 1. The maximum Gasteiger partial charge on any atom is 0.240 e. The first-order chi connectivity index (χ1) is 13.6. The molecule has 6 nitrogen and oxygen atoms in total. The quantitative estimate of drug-likeness (QED) is 0.876. The number of fused-ring (bicyclic) bond motifs is 2. The van der Waals surface area contributed by atoms with Crippen LogP contribution in [-0.4, -0.2) is 63.6 Å². The molecule has 3 aliphatic rings. The Bertz CT molecular complexity index is 873. The zero-order valence-corrected chi connectivity index (χ0v) is 15.5. The number of hydrogen-bond donors (Lipinski definition) is 1. The molecular formula is C21H23FN4O2. The van der Waals surface area contributed by atoms with Gasteiger partial charge < -0.3 is 14.9 Å². The molecule has 1 aromatic carbocycles. The van der Waals surface area contributed by atoms with Crippen LogP contribution >= 0.6 is 0 Å². The van der Waals surface area contributed by atoms with Gasteiger partial charge in [-0.05, 0) is 42.7 Å². The number of carbonyl (C=O) groups excluding carboxylic acids is 1. The minimum Gasteiger partial charge on any atom is -0.506 e. The minimum absolute atomic E-state index is 0.0506. The molecule has 2 bridgehead atoms. The number of pyridine rings is 1. The van der Waals surface area contributed by atoms with Crippen LogP contribution in [0.1, 0.15) is 18.4 Å². The molecule has 0 radical (unpaired) electrons. The highest BCUT2D eigenvalue weighted by Crippen LogP contribution is 2.37. The summed E-state index contributed by atoms with van der Waals surface area (Å²) in [4.78, 5) is 23.9. The second-order valence-electron chi connectivity index (χ2n) is 7.96. The van der Waals surface area contributed by atoms with Crippen molar-refractivity contribution in [2.75, 3.05) is 24.5 Å². The molecule has 3 fully saturated rings. The maximum absolute atomic E-state index is 13.1. The van der Waals surface area contributed by atoms with E-state index < -0.39 is 0 Å². The van der Waals surface area contributed by atoms with Crippen LogP contribution < -0.4 is 4.90 Å². The van der Waals surface area contributed by atoms with Gasteiger partial charge in [0.05, 0.1) is 12.2 Å². The highest BCUT2D eigenvalue weighted by molar-refractivity contribution is 5.84. The summed E-state index contributed by atoms with van der Waals surface area (Å²) in [5.41, 5.74) is 0.961. The summed E-state index contributed by atoms with van der Waals surface area (Å²) >= 11 is 0. The summed E-state index contributed by atoms with van der Waals surface area (Å²) in [5.74, 6) is 0.995. The van der Waals surface area contributed by atoms with Gasteiger partial charge in [-0.25, -0.2) is 9.37 Å². The van der Waals surface area contributed by atoms with Crippen LogP contribution in [-0.2, 0) is 11.3 Å². The van der Waals surface area contributed by atoms with Crippen molar-refractivity contribution in [3.05, 3.63) is 54.0 Å². The number of nitrogens with zero attached hydrogens (tertiary/aromatic N) is 4. The number of halogens is 1. The Morgan fingerprint density at radius 1 is 1.11 bits per heavy atom. The average Bonchev–Trinajstić information content (AvgIpc) is 3.39. The summed E-state index contributed by atoms with van der Waals surface area (Å²) in [7, 11) is 0. The van der Waals surface area contributed by atoms with Gasteiger partial charge in [0.25, 0.3) is 0 Å². The fraction of sp³-hybridized carbons (Fsp3) is 0.429. The summed E-state index contributed by atoms with van der Waals surface area (Å²) in [6.07, 6.45) is 3.37. The number of likely N-dealkylation sites (tertiary alicyclic amines) is 2. The van der Waals surface area contributed by atoms with Gasteiger partial charge in [-0.2, -0.15) is 0 Å². The lowest BCUT2D eigenvalue weighted by Gasteiger charge is -2.37. The van der Waals surface area contributed by atoms with Gasteiger partial charge in [-0.15, -0.1) is 0 Å². The van der Waals surface area contributed by atoms with E-state index in [2.05, 4.69) is 14.8 Å². The van der Waals surface area contributed by atoms with Crippen LogP contribution in [0.5, 0.6) is 5.75 Å². The highest BCUT2D eigenvalue weighted by Gasteiger charge is 2.49. The molecule has 5 rings (SSSR count). The second kappa shape index (κ2) is 6.74. The van der Waals surface area contributed by atoms with Gasteiger partial charge in [0.15, 0.2) is 0 Å². The zero-order chi connectivity index (χ0) is 19.3. The van der Waals surface area contributed by atoms with E-state index in [1.807, 2.05) is 11.0 Å². The topological polar surface area (TPSA) is 59.9 Å². The van der Waals surface area contributed by atoms with Crippen molar-refractivity contribution in [2.45, 2.75) is 37.5 Å². The van der Waals surface area contributed by atoms with Crippen LogP contribution in [0.3, 0.4) is 0 Å². The van der Waals surface area contributed by atoms with Crippen LogP contribution in [0.2, 0.25) is 0 Å². The zero-order valence-electron chi connectivity index (χ0n) is 15.5. The van der Waals surface area contributed by atoms with E-state index in [1.165, 1.54) is 18.3 Å². The second-order valence-corrected chi connectivity index (χ2v) is 7.96. The molecule has 4 heterocycles. The third-order valence-corrected chi connectivity index (χ3v) is 6.27. The largest absolute Gasteiger partial charge is 0.506 e. The lowest BCUT2D eigenvalue weighted by atomic mass is 10.1. The number of rotatable bonds is 4. The molecule has 0 spiro atoms. The minimum atomic E-state index is -0.255. The van der Waals surface area contributed by atoms with E-state index in [0.717, 1.165) is 43.9 Å². The van der Waals surface area contributed by atoms with Gasteiger partial charge in [0.1, 0.15) is 17.4 Å². The molecule has 28 heavy (non-hydrogen) atoms. The van der Waals surface area contributed by atoms with Gasteiger partial charge >= 0.3 is 0 Å². The first-order valence-electron chi connectivity index (χ1n) is 9.79. The molecule has 1 amide bonds. The summed E-state index contributed by atoms with van der Waals surface area (Å²) in [5, 5.41) is 9.44. The Kier molecular flexibility index (Phi) is 4.19. The fourth-order valence-corrected chi connectivity index (χ4v) is 4.91. The normalized spacial score (nSPS) is 27.2. The van der Waals surface area contributed by atoms with Crippen molar-refractivity contribution in [1.82, 2.24) is 14.8 Å². The van der Waals surface area contributed by atoms with Gasteiger partial charge in [-0.1, -0.05) is 12.1 Å². The summed E-state index contributed by atoms with van der Waals surface area (Å²) < 4.78 is 13.1. The SMILES string of the molecule is O=C1C(N2C[C@@H]3C[C@H]2CN3c2ccc(O)cn2)CCN1Cc1ccc(F)cc1. The molecule has 3 atom stereocenters. The molecule has 3 saturated heterocycles. The Morgan fingerprint density at radius 3 is 2.61 bits per heavy atom. The molecule has 1 unspecified atom stereocenters.